The number of hydrogen-bond acceptors (Lipinski definition) is 4. The van der Waals surface area contributed by atoms with Crippen molar-refractivity contribution in [3.63, 3.8) is 0 Å². The Morgan fingerprint density at radius 3 is 2.82 bits per heavy atom. The zero-order valence-corrected chi connectivity index (χ0v) is 10.2. The predicted molar refractivity (Wildman–Crippen MR) is 64.6 cm³/mol. The zero-order chi connectivity index (χ0) is 12.4. The first kappa shape index (κ1) is 12.0. The van der Waals surface area contributed by atoms with Crippen LogP contribution in [-0.2, 0) is 0 Å². The number of amides is 1. The van der Waals surface area contributed by atoms with Gasteiger partial charge in [-0.05, 0) is 39.2 Å². The molecule has 1 aliphatic rings. The summed E-state index contributed by atoms with van der Waals surface area (Å²) in [6, 6.07) is 1.93. The van der Waals surface area contributed by atoms with Gasteiger partial charge in [-0.15, -0.1) is 0 Å². The third-order valence-electron chi connectivity index (χ3n) is 3.23. The first-order chi connectivity index (χ1) is 8.08. The molecule has 0 aliphatic heterocycles. The van der Waals surface area contributed by atoms with E-state index in [-0.39, 0.29) is 18.0 Å². The molecule has 92 valence electrons. The third kappa shape index (κ3) is 2.61. The van der Waals surface area contributed by atoms with Crippen molar-refractivity contribution in [2.45, 2.75) is 45.2 Å². The van der Waals surface area contributed by atoms with E-state index in [0.29, 0.717) is 11.3 Å². The molecule has 5 heteroatoms. The maximum absolute atomic E-state index is 12.1. The number of aryl methyl sites for hydroxylation is 2. The number of carbonyl (C=O) groups is 1. The fraction of sp³-hybridized carbons (Fsp3) is 0.583. The summed E-state index contributed by atoms with van der Waals surface area (Å²) in [7, 11) is 0. The molecule has 3 N–H and O–H groups in total. The quantitative estimate of drug-likeness (QED) is 0.789. The molecule has 5 nitrogen and oxygen atoms in total. The summed E-state index contributed by atoms with van der Waals surface area (Å²) in [5.74, 6) is -0.0946. The van der Waals surface area contributed by atoms with Crippen LogP contribution in [0.4, 0.5) is 0 Å². The molecule has 2 unspecified atom stereocenters. The van der Waals surface area contributed by atoms with Crippen molar-refractivity contribution in [2.24, 2.45) is 5.73 Å². The van der Waals surface area contributed by atoms with Gasteiger partial charge in [0.15, 0.2) is 0 Å². The molecular weight excluding hydrogens is 216 g/mol. The van der Waals surface area contributed by atoms with E-state index < -0.39 is 0 Å². The number of nitrogens with zero attached hydrogens (tertiary/aromatic N) is 2. The molecule has 2 atom stereocenters. The molecular formula is C12H18N4O. The van der Waals surface area contributed by atoms with E-state index in [1.165, 1.54) is 0 Å². The van der Waals surface area contributed by atoms with Crippen molar-refractivity contribution in [1.29, 1.82) is 0 Å². The van der Waals surface area contributed by atoms with Gasteiger partial charge in [-0.2, -0.15) is 10.2 Å². The molecule has 1 saturated carbocycles. The maximum atomic E-state index is 12.1. The maximum Gasteiger partial charge on any atom is 0.253 e. The van der Waals surface area contributed by atoms with Crippen molar-refractivity contribution in [2.75, 3.05) is 0 Å². The minimum absolute atomic E-state index is 0.0788. The van der Waals surface area contributed by atoms with E-state index in [0.717, 1.165) is 25.0 Å². The number of aromatic nitrogens is 2. The highest BCUT2D eigenvalue weighted by Crippen LogP contribution is 2.17. The van der Waals surface area contributed by atoms with Crippen LogP contribution < -0.4 is 11.1 Å². The summed E-state index contributed by atoms with van der Waals surface area (Å²) in [5.41, 5.74) is 7.92. The SMILES string of the molecule is Cc1cc(C(=O)NC2CCCC2N)c(C)nn1. The third-order valence-corrected chi connectivity index (χ3v) is 3.23. The molecule has 1 aliphatic carbocycles. The second kappa shape index (κ2) is 4.79. The topological polar surface area (TPSA) is 80.9 Å². The molecule has 1 fully saturated rings. The molecule has 2 rings (SSSR count). The van der Waals surface area contributed by atoms with Gasteiger partial charge in [-0.3, -0.25) is 4.79 Å². The van der Waals surface area contributed by atoms with E-state index >= 15 is 0 Å². The molecule has 0 aromatic carbocycles. The summed E-state index contributed by atoms with van der Waals surface area (Å²) in [4.78, 5) is 12.1. The predicted octanol–water partition coefficient (Wildman–Crippen LogP) is 0.703. The molecule has 1 aromatic heterocycles. The Morgan fingerprint density at radius 2 is 2.18 bits per heavy atom. The van der Waals surface area contributed by atoms with Crippen LogP contribution in [0.2, 0.25) is 0 Å². The number of hydrogen-bond donors (Lipinski definition) is 2. The fourth-order valence-corrected chi connectivity index (χ4v) is 2.19. The Morgan fingerprint density at radius 1 is 1.41 bits per heavy atom. The zero-order valence-electron chi connectivity index (χ0n) is 10.2. The average Bonchev–Trinajstić information content (AvgIpc) is 2.68. The molecule has 0 saturated heterocycles. The monoisotopic (exact) mass is 234 g/mol. The van der Waals surface area contributed by atoms with E-state index in [9.17, 15) is 4.79 Å². The van der Waals surface area contributed by atoms with Crippen LogP contribution in [0, 0.1) is 13.8 Å². The summed E-state index contributed by atoms with van der Waals surface area (Å²) in [5, 5.41) is 10.8. The molecule has 1 heterocycles. The van der Waals surface area contributed by atoms with Crippen LogP contribution in [0.1, 0.15) is 41.0 Å². The molecule has 0 bridgehead atoms. The van der Waals surface area contributed by atoms with E-state index in [2.05, 4.69) is 15.5 Å². The molecule has 0 radical (unpaired) electrons. The lowest BCUT2D eigenvalue weighted by molar-refractivity contribution is 0.0933. The van der Waals surface area contributed by atoms with Crippen LogP contribution in [-0.4, -0.2) is 28.2 Å². The van der Waals surface area contributed by atoms with Gasteiger partial charge < -0.3 is 11.1 Å². The summed E-state index contributed by atoms with van der Waals surface area (Å²) >= 11 is 0. The van der Waals surface area contributed by atoms with Gasteiger partial charge in [0.2, 0.25) is 0 Å². The van der Waals surface area contributed by atoms with Crippen molar-refractivity contribution in [3.05, 3.63) is 23.0 Å². The van der Waals surface area contributed by atoms with Gasteiger partial charge in [0.25, 0.3) is 5.91 Å². The number of nitrogens with two attached hydrogens (primary N) is 1. The average molecular weight is 234 g/mol. The first-order valence-electron chi connectivity index (χ1n) is 5.95. The summed E-state index contributed by atoms with van der Waals surface area (Å²) in [6.07, 6.45) is 3.03. The Hall–Kier alpha value is -1.49. The van der Waals surface area contributed by atoms with Crippen molar-refractivity contribution in [3.8, 4) is 0 Å². The lowest BCUT2D eigenvalue weighted by atomic mass is 10.1. The van der Waals surface area contributed by atoms with Gasteiger partial charge in [-0.1, -0.05) is 0 Å². The molecule has 1 amide bonds. The van der Waals surface area contributed by atoms with Gasteiger partial charge in [0.1, 0.15) is 0 Å². The fourth-order valence-electron chi connectivity index (χ4n) is 2.19. The lowest BCUT2D eigenvalue weighted by Crippen LogP contribution is -2.44. The van der Waals surface area contributed by atoms with Gasteiger partial charge >= 0.3 is 0 Å². The van der Waals surface area contributed by atoms with Crippen LogP contribution >= 0.6 is 0 Å². The number of rotatable bonds is 2. The van der Waals surface area contributed by atoms with Crippen molar-refractivity contribution >= 4 is 5.91 Å². The highest BCUT2D eigenvalue weighted by Gasteiger charge is 2.26. The lowest BCUT2D eigenvalue weighted by Gasteiger charge is -2.17. The minimum Gasteiger partial charge on any atom is -0.348 e. The van der Waals surface area contributed by atoms with Crippen LogP contribution in [0.15, 0.2) is 6.07 Å². The standard InChI is InChI=1S/C12H18N4O/c1-7-6-9(8(2)16-15-7)12(17)14-11-5-3-4-10(11)13/h6,10-11H,3-5,13H2,1-2H3,(H,14,17). The Bertz CT molecular complexity index is 433. The molecule has 0 spiro atoms. The normalized spacial score (nSPS) is 23.7. The van der Waals surface area contributed by atoms with Gasteiger partial charge in [-0.25, -0.2) is 0 Å². The highest BCUT2D eigenvalue weighted by molar-refractivity contribution is 5.95. The van der Waals surface area contributed by atoms with Crippen LogP contribution in [0.5, 0.6) is 0 Å². The number of nitrogens with one attached hydrogen (secondary N) is 1. The van der Waals surface area contributed by atoms with E-state index in [1.54, 1.807) is 13.0 Å². The molecule has 1 aromatic rings. The highest BCUT2D eigenvalue weighted by atomic mass is 16.1. The van der Waals surface area contributed by atoms with Gasteiger partial charge in [0, 0.05) is 12.1 Å². The summed E-state index contributed by atoms with van der Waals surface area (Å²) in [6.45, 7) is 3.61. The Kier molecular flexibility index (Phi) is 3.38. The van der Waals surface area contributed by atoms with Crippen LogP contribution in [0.25, 0.3) is 0 Å². The largest absolute Gasteiger partial charge is 0.348 e. The Balaban J connectivity index is 2.11. The minimum atomic E-state index is -0.0946. The van der Waals surface area contributed by atoms with E-state index in [1.807, 2.05) is 6.92 Å². The van der Waals surface area contributed by atoms with Gasteiger partial charge in [0.05, 0.1) is 17.0 Å². The smallest absolute Gasteiger partial charge is 0.253 e. The molecule has 17 heavy (non-hydrogen) atoms. The van der Waals surface area contributed by atoms with Crippen LogP contribution in [0.3, 0.4) is 0 Å². The summed E-state index contributed by atoms with van der Waals surface area (Å²) < 4.78 is 0. The number of carbonyl (C=O) groups excluding carboxylic acids is 1. The second-order valence-electron chi connectivity index (χ2n) is 4.66. The second-order valence-corrected chi connectivity index (χ2v) is 4.66. The van der Waals surface area contributed by atoms with E-state index in [4.69, 9.17) is 5.73 Å². The first-order valence-corrected chi connectivity index (χ1v) is 5.95. The van der Waals surface area contributed by atoms with Crippen molar-refractivity contribution < 1.29 is 4.79 Å². The van der Waals surface area contributed by atoms with Crippen molar-refractivity contribution in [1.82, 2.24) is 15.5 Å². The Labute approximate surface area is 101 Å².